The summed E-state index contributed by atoms with van der Waals surface area (Å²) in [6.45, 7) is 0. The summed E-state index contributed by atoms with van der Waals surface area (Å²) in [6.07, 6.45) is 0. The van der Waals surface area contributed by atoms with Crippen LogP contribution >= 0.6 is 0 Å². The highest BCUT2D eigenvalue weighted by Crippen LogP contribution is 2.19. The predicted molar refractivity (Wildman–Crippen MR) is 56.6 cm³/mol. The first kappa shape index (κ1) is 8.16. The van der Waals surface area contributed by atoms with Crippen molar-refractivity contribution in [3.05, 3.63) is 34.7 Å². The number of aromatic nitrogens is 4. The van der Waals surface area contributed by atoms with Gasteiger partial charge in [-0.05, 0) is 6.07 Å². The zero-order valence-corrected chi connectivity index (χ0v) is 8.06. The number of para-hydroxylation sites is 1. The Kier molecular flexibility index (Phi) is 1.45. The zero-order valence-electron chi connectivity index (χ0n) is 8.06. The molecular formula is C10H8N4O. The number of nitrogens with zero attached hydrogens (tertiary/aromatic N) is 3. The number of nitrogens with one attached hydrogen (secondary N) is 1. The van der Waals surface area contributed by atoms with Gasteiger partial charge in [-0.15, -0.1) is 0 Å². The van der Waals surface area contributed by atoms with E-state index in [9.17, 15) is 4.79 Å². The monoisotopic (exact) mass is 200 g/mol. The standard InChI is InChI=1S/C10H8N4O/c1-14-10(15)12-9-8(13-14)6-4-2-3-5-7(6)11-9/h2-5H,1H3,(H,11,12,15). The average molecular weight is 200 g/mol. The molecule has 0 bridgehead atoms. The van der Waals surface area contributed by atoms with Crippen molar-refractivity contribution in [2.24, 2.45) is 7.05 Å². The molecule has 5 heteroatoms. The van der Waals surface area contributed by atoms with Gasteiger partial charge in [-0.2, -0.15) is 10.1 Å². The van der Waals surface area contributed by atoms with Crippen LogP contribution in [0, 0.1) is 0 Å². The summed E-state index contributed by atoms with van der Waals surface area (Å²) < 4.78 is 1.24. The first-order valence-electron chi connectivity index (χ1n) is 4.57. The third kappa shape index (κ3) is 1.06. The molecule has 0 aliphatic heterocycles. The minimum absolute atomic E-state index is 0.353. The minimum atomic E-state index is -0.353. The van der Waals surface area contributed by atoms with Gasteiger partial charge in [0.2, 0.25) is 0 Å². The van der Waals surface area contributed by atoms with E-state index in [0.717, 1.165) is 16.4 Å². The van der Waals surface area contributed by atoms with Crippen molar-refractivity contribution in [3.8, 4) is 0 Å². The molecular weight excluding hydrogens is 192 g/mol. The van der Waals surface area contributed by atoms with Crippen LogP contribution in [0.4, 0.5) is 0 Å². The van der Waals surface area contributed by atoms with Gasteiger partial charge in [0.1, 0.15) is 5.52 Å². The summed E-state index contributed by atoms with van der Waals surface area (Å²) in [5.74, 6) is 0. The van der Waals surface area contributed by atoms with Crippen LogP contribution in [0.25, 0.3) is 22.1 Å². The fourth-order valence-corrected chi connectivity index (χ4v) is 1.66. The molecule has 3 rings (SSSR count). The molecule has 0 radical (unpaired) electrons. The lowest BCUT2D eigenvalue weighted by molar-refractivity contribution is 0.697. The maximum absolute atomic E-state index is 11.3. The Morgan fingerprint density at radius 1 is 1.33 bits per heavy atom. The first-order valence-corrected chi connectivity index (χ1v) is 4.57. The second kappa shape index (κ2) is 2.66. The summed E-state index contributed by atoms with van der Waals surface area (Å²) in [7, 11) is 1.59. The lowest BCUT2D eigenvalue weighted by atomic mass is 10.2. The van der Waals surface area contributed by atoms with Crippen LogP contribution in [0.2, 0.25) is 0 Å². The summed E-state index contributed by atoms with van der Waals surface area (Å²) >= 11 is 0. The van der Waals surface area contributed by atoms with Crippen LogP contribution in [0.1, 0.15) is 0 Å². The van der Waals surface area contributed by atoms with Gasteiger partial charge in [-0.25, -0.2) is 9.48 Å². The molecule has 74 valence electrons. The van der Waals surface area contributed by atoms with E-state index in [1.54, 1.807) is 7.05 Å². The Balaban J connectivity index is 2.61. The molecule has 0 unspecified atom stereocenters. The van der Waals surface area contributed by atoms with E-state index < -0.39 is 0 Å². The van der Waals surface area contributed by atoms with E-state index in [-0.39, 0.29) is 5.69 Å². The molecule has 0 amide bonds. The van der Waals surface area contributed by atoms with Gasteiger partial charge < -0.3 is 4.98 Å². The van der Waals surface area contributed by atoms with Crippen LogP contribution in [0.5, 0.6) is 0 Å². The van der Waals surface area contributed by atoms with Crippen molar-refractivity contribution in [1.29, 1.82) is 0 Å². The SMILES string of the molecule is Cn1nc2c(nc1=O)[nH]c1ccccc12. The van der Waals surface area contributed by atoms with E-state index in [0.29, 0.717) is 5.65 Å². The highest BCUT2D eigenvalue weighted by molar-refractivity contribution is 6.02. The maximum atomic E-state index is 11.3. The predicted octanol–water partition coefficient (Wildman–Crippen LogP) is 0.810. The Hall–Kier alpha value is -2.17. The molecule has 2 aromatic heterocycles. The summed E-state index contributed by atoms with van der Waals surface area (Å²) in [5.41, 5.74) is 1.86. The van der Waals surface area contributed by atoms with Crippen LogP contribution in [0.15, 0.2) is 29.1 Å². The summed E-state index contributed by atoms with van der Waals surface area (Å²) in [4.78, 5) is 18.2. The molecule has 0 saturated carbocycles. The van der Waals surface area contributed by atoms with Gasteiger partial charge >= 0.3 is 5.69 Å². The third-order valence-electron chi connectivity index (χ3n) is 2.39. The zero-order chi connectivity index (χ0) is 10.4. The molecule has 0 fully saturated rings. The van der Waals surface area contributed by atoms with Crippen LogP contribution in [-0.2, 0) is 7.05 Å². The van der Waals surface area contributed by atoms with E-state index in [1.807, 2.05) is 24.3 Å². The largest absolute Gasteiger partial charge is 0.365 e. The van der Waals surface area contributed by atoms with Crippen LogP contribution in [-0.4, -0.2) is 19.7 Å². The van der Waals surface area contributed by atoms with Crippen molar-refractivity contribution >= 4 is 22.1 Å². The topological polar surface area (TPSA) is 63.6 Å². The number of rotatable bonds is 0. The highest BCUT2D eigenvalue weighted by Gasteiger charge is 2.07. The lowest BCUT2D eigenvalue weighted by Crippen LogP contribution is -2.21. The van der Waals surface area contributed by atoms with Crippen molar-refractivity contribution in [1.82, 2.24) is 19.7 Å². The van der Waals surface area contributed by atoms with Crippen molar-refractivity contribution in [3.63, 3.8) is 0 Å². The molecule has 0 atom stereocenters. The average Bonchev–Trinajstić information content (AvgIpc) is 2.57. The Bertz CT molecular complexity index is 710. The number of benzene rings is 1. The number of fused-ring (bicyclic) bond motifs is 3. The number of aromatic amines is 1. The lowest BCUT2D eigenvalue weighted by Gasteiger charge is -1.93. The summed E-state index contributed by atoms with van der Waals surface area (Å²) in [5, 5.41) is 5.16. The molecule has 1 N–H and O–H groups in total. The van der Waals surface area contributed by atoms with Crippen molar-refractivity contribution < 1.29 is 0 Å². The van der Waals surface area contributed by atoms with Gasteiger partial charge in [0.25, 0.3) is 0 Å². The molecule has 15 heavy (non-hydrogen) atoms. The molecule has 0 saturated heterocycles. The van der Waals surface area contributed by atoms with Crippen LogP contribution < -0.4 is 5.69 Å². The fourth-order valence-electron chi connectivity index (χ4n) is 1.66. The second-order valence-corrected chi connectivity index (χ2v) is 3.39. The van der Waals surface area contributed by atoms with Gasteiger partial charge in [-0.3, -0.25) is 0 Å². The molecule has 1 aromatic carbocycles. The van der Waals surface area contributed by atoms with Gasteiger partial charge in [-0.1, -0.05) is 18.2 Å². The van der Waals surface area contributed by atoms with E-state index in [2.05, 4.69) is 15.1 Å². The Morgan fingerprint density at radius 3 is 3.00 bits per heavy atom. The molecule has 2 heterocycles. The van der Waals surface area contributed by atoms with Gasteiger partial charge in [0, 0.05) is 18.0 Å². The fraction of sp³-hybridized carbons (Fsp3) is 0.100. The summed E-state index contributed by atoms with van der Waals surface area (Å²) in [6, 6.07) is 7.74. The van der Waals surface area contributed by atoms with E-state index in [1.165, 1.54) is 4.68 Å². The molecule has 0 aliphatic rings. The van der Waals surface area contributed by atoms with Crippen molar-refractivity contribution in [2.75, 3.05) is 0 Å². The quantitative estimate of drug-likeness (QED) is 0.584. The van der Waals surface area contributed by atoms with Crippen molar-refractivity contribution in [2.45, 2.75) is 0 Å². The minimum Gasteiger partial charge on any atom is -0.338 e. The van der Waals surface area contributed by atoms with E-state index in [4.69, 9.17) is 0 Å². The number of hydrogen-bond acceptors (Lipinski definition) is 3. The normalized spacial score (nSPS) is 11.3. The van der Waals surface area contributed by atoms with Gasteiger partial charge in [0.15, 0.2) is 5.65 Å². The Morgan fingerprint density at radius 2 is 2.13 bits per heavy atom. The highest BCUT2D eigenvalue weighted by atomic mass is 16.1. The molecule has 3 aromatic rings. The molecule has 5 nitrogen and oxygen atoms in total. The van der Waals surface area contributed by atoms with Crippen LogP contribution in [0.3, 0.4) is 0 Å². The molecule has 0 spiro atoms. The Labute approximate surface area is 84.4 Å². The number of aryl methyl sites for hydroxylation is 1. The second-order valence-electron chi connectivity index (χ2n) is 3.39. The number of H-pyrrole nitrogens is 1. The molecule has 0 aliphatic carbocycles. The first-order chi connectivity index (χ1) is 7.25. The van der Waals surface area contributed by atoms with Gasteiger partial charge in [0.05, 0.1) is 0 Å². The van der Waals surface area contributed by atoms with E-state index >= 15 is 0 Å². The number of hydrogen-bond donors (Lipinski definition) is 1. The maximum Gasteiger partial charge on any atom is 0.365 e. The third-order valence-corrected chi connectivity index (χ3v) is 2.39. The smallest absolute Gasteiger partial charge is 0.338 e.